The molecule has 1 saturated carbocycles. The largest absolute Gasteiger partial charge is 0.481 e. The molecule has 0 aromatic heterocycles. The number of carbonyl (C=O) groups excluding carboxylic acids is 1. The van der Waals surface area contributed by atoms with Crippen molar-refractivity contribution in [3.63, 3.8) is 0 Å². The number of nitrogens with zero attached hydrogens (tertiary/aromatic N) is 1. The van der Waals surface area contributed by atoms with Gasteiger partial charge in [-0.1, -0.05) is 12.8 Å². The van der Waals surface area contributed by atoms with Gasteiger partial charge in [0.15, 0.2) is 0 Å². The fourth-order valence-electron chi connectivity index (χ4n) is 2.17. The lowest BCUT2D eigenvalue weighted by Gasteiger charge is -2.28. The number of hydrogen-bond donors (Lipinski definition) is 2. The first-order chi connectivity index (χ1) is 7.46. The number of carboxylic acid groups (broad SMARTS) is 1. The first-order valence-corrected chi connectivity index (χ1v) is 5.72. The zero-order chi connectivity index (χ0) is 12.2. The maximum absolute atomic E-state index is 12.0. The van der Waals surface area contributed by atoms with Crippen molar-refractivity contribution in [3.05, 3.63) is 0 Å². The maximum Gasteiger partial charge on any atom is 0.303 e. The molecule has 1 aliphatic carbocycles. The number of carbonyl (C=O) groups is 2. The molecule has 0 unspecified atom stereocenters. The minimum atomic E-state index is -0.829. The molecule has 3 N–H and O–H groups in total. The summed E-state index contributed by atoms with van der Waals surface area (Å²) in [7, 11) is 1.69. The molecular formula is C11H20N2O3. The molecule has 0 aromatic rings. The summed E-state index contributed by atoms with van der Waals surface area (Å²) >= 11 is 0. The van der Waals surface area contributed by atoms with Crippen molar-refractivity contribution in [3.8, 4) is 0 Å². The lowest BCUT2D eigenvalue weighted by atomic mass is 9.97. The van der Waals surface area contributed by atoms with E-state index in [9.17, 15) is 9.59 Å². The van der Waals surface area contributed by atoms with E-state index in [4.69, 9.17) is 10.8 Å². The van der Waals surface area contributed by atoms with Crippen LogP contribution in [0, 0.1) is 0 Å². The maximum atomic E-state index is 12.0. The van der Waals surface area contributed by atoms with Gasteiger partial charge in [0.1, 0.15) is 0 Å². The van der Waals surface area contributed by atoms with Gasteiger partial charge in [0.05, 0.1) is 5.54 Å². The van der Waals surface area contributed by atoms with E-state index in [2.05, 4.69) is 0 Å². The van der Waals surface area contributed by atoms with Gasteiger partial charge >= 0.3 is 5.97 Å². The molecule has 5 heteroatoms. The summed E-state index contributed by atoms with van der Waals surface area (Å²) in [4.78, 5) is 23.9. The van der Waals surface area contributed by atoms with Gasteiger partial charge in [-0.3, -0.25) is 9.59 Å². The van der Waals surface area contributed by atoms with Gasteiger partial charge in [0.25, 0.3) is 0 Å². The molecule has 0 spiro atoms. The highest BCUT2D eigenvalue weighted by atomic mass is 16.4. The minimum Gasteiger partial charge on any atom is -0.481 e. The fourth-order valence-corrected chi connectivity index (χ4v) is 2.17. The van der Waals surface area contributed by atoms with Crippen LogP contribution >= 0.6 is 0 Å². The Balaban J connectivity index is 2.38. The number of amides is 1. The number of likely N-dealkylation sites (N-methyl/N-ethyl adjacent to an activating group) is 1. The monoisotopic (exact) mass is 228 g/mol. The number of nitrogens with two attached hydrogens (primary N) is 1. The number of rotatable bonds is 5. The SMILES string of the molecule is CN(CCCC(=O)O)C(=O)C1(N)CCCC1. The van der Waals surface area contributed by atoms with E-state index < -0.39 is 11.5 Å². The molecule has 1 aliphatic rings. The third kappa shape index (κ3) is 3.20. The molecule has 0 aliphatic heterocycles. The van der Waals surface area contributed by atoms with Gasteiger partial charge < -0.3 is 15.7 Å². The van der Waals surface area contributed by atoms with Crippen molar-refractivity contribution >= 4 is 11.9 Å². The smallest absolute Gasteiger partial charge is 0.303 e. The Labute approximate surface area is 95.6 Å². The third-order valence-electron chi connectivity index (χ3n) is 3.15. The summed E-state index contributed by atoms with van der Waals surface area (Å²) in [6.07, 6.45) is 4.07. The second kappa shape index (κ2) is 5.30. The Morgan fingerprint density at radius 1 is 1.38 bits per heavy atom. The molecule has 16 heavy (non-hydrogen) atoms. The summed E-state index contributed by atoms with van der Waals surface area (Å²) in [6.45, 7) is 0.462. The van der Waals surface area contributed by atoms with E-state index >= 15 is 0 Å². The van der Waals surface area contributed by atoms with E-state index in [-0.39, 0.29) is 12.3 Å². The number of aliphatic carboxylic acids is 1. The molecule has 0 saturated heterocycles. The second-order valence-electron chi connectivity index (χ2n) is 4.59. The van der Waals surface area contributed by atoms with Gasteiger partial charge in [-0.15, -0.1) is 0 Å². The van der Waals surface area contributed by atoms with Gasteiger partial charge in [0, 0.05) is 20.0 Å². The van der Waals surface area contributed by atoms with E-state index in [1.807, 2.05) is 0 Å². The van der Waals surface area contributed by atoms with Crippen LogP contribution in [0.4, 0.5) is 0 Å². The minimum absolute atomic E-state index is 0.0459. The topological polar surface area (TPSA) is 83.6 Å². The average Bonchev–Trinajstić information content (AvgIpc) is 2.64. The molecule has 0 bridgehead atoms. The molecule has 0 radical (unpaired) electrons. The highest BCUT2D eigenvalue weighted by Crippen LogP contribution is 2.28. The molecule has 0 heterocycles. The quantitative estimate of drug-likeness (QED) is 0.721. The first kappa shape index (κ1) is 13.0. The zero-order valence-electron chi connectivity index (χ0n) is 9.74. The Morgan fingerprint density at radius 2 is 1.94 bits per heavy atom. The van der Waals surface area contributed by atoms with Crippen molar-refractivity contribution in [1.82, 2.24) is 4.90 Å². The summed E-state index contributed by atoms with van der Waals surface area (Å²) in [5.74, 6) is -0.875. The van der Waals surface area contributed by atoms with Crippen LogP contribution in [0.15, 0.2) is 0 Å². The van der Waals surface area contributed by atoms with Crippen LogP contribution < -0.4 is 5.73 Å². The molecule has 0 aromatic carbocycles. The van der Waals surface area contributed by atoms with Crippen molar-refractivity contribution < 1.29 is 14.7 Å². The van der Waals surface area contributed by atoms with E-state index in [0.717, 1.165) is 25.7 Å². The second-order valence-corrected chi connectivity index (χ2v) is 4.59. The van der Waals surface area contributed by atoms with E-state index in [1.165, 1.54) is 0 Å². The Kier molecular flexibility index (Phi) is 4.29. The molecule has 5 nitrogen and oxygen atoms in total. The highest BCUT2D eigenvalue weighted by Gasteiger charge is 2.38. The summed E-state index contributed by atoms with van der Waals surface area (Å²) < 4.78 is 0. The Morgan fingerprint density at radius 3 is 2.44 bits per heavy atom. The standard InChI is InChI=1S/C11H20N2O3/c1-13(8-4-5-9(14)15)10(16)11(12)6-2-3-7-11/h2-8,12H2,1H3,(H,14,15). The normalized spacial score (nSPS) is 18.4. The lowest BCUT2D eigenvalue weighted by Crippen LogP contribution is -2.52. The molecule has 1 amide bonds. The van der Waals surface area contributed by atoms with Crippen molar-refractivity contribution in [1.29, 1.82) is 0 Å². The van der Waals surface area contributed by atoms with Crippen molar-refractivity contribution in [2.45, 2.75) is 44.1 Å². The van der Waals surface area contributed by atoms with Crippen LogP contribution in [0.2, 0.25) is 0 Å². The van der Waals surface area contributed by atoms with Gasteiger partial charge in [-0.25, -0.2) is 0 Å². The van der Waals surface area contributed by atoms with Crippen molar-refractivity contribution in [2.75, 3.05) is 13.6 Å². The molecular weight excluding hydrogens is 208 g/mol. The molecule has 1 fully saturated rings. The molecule has 92 valence electrons. The van der Waals surface area contributed by atoms with Crippen LogP contribution in [0.25, 0.3) is 0 Å². The third-order valence-corrected chi connectivity index (χ3v) is 3.15. The van der Waals surface area contributed by atoms with Crippen LogP contribution in [-0.2, 0) is 9.59 Å². The van der Waals surface area contributed by atoms with Crippen molar-refractivity contribution in [2.24, 2.45) is 5.73 Å². The highest BCUT2D eigenvalue weighted by molar-refractivity contribution is 5.86. The summed E-state index contributed by atoms with van der Waals surface area (Å²) in [6, 6.07) is 0. The van der Waals surface area contributed by atoms with Gasteiger partial charge in [-0.05, 0) is 19.3 Å². The lowest BCUT2D eigenvalue weighted by molar-refractivity contribution is -0.139. The molecule has 1 rings (SSSR count). The summed E-state index contributed by atoms with van der Waals surface area (Å²) in [5.41, 5.74) is 5.33. The van der Waals surface area contributed by atoms with Gasteiger partial charge in [-0.2, -0.15) is 0 Å². The van der Waals surface area contributed by atoms with Crippen LogP contribution in [0.1, 0.15) is 38.5 Å². The predicted octanol–water partition coefficient (Wildman–Crippen LogP) is 0.581. The zero-order valence-corrected chi connectivity index (χ0v) is 9.74. The average molecular weight is 228 g/mol. The van der Waals surface area contributed by atoms with Gasteiger partial charge in [0.2, 0.25) is 5.91 Å². The number of carboxylic acids is 1. The van der Waals surface area contributed by atoms with Crippen LogP contribution in [0.5, 0.6) is 0 Å². The predicted molar refractivity (Wildman–Crippen MR) is 59.9 cm³/mol. The van der Waals surface area contributed by atoms with Crippen LogP contribution in [0.3, 0.4) is 0 Å². The first-order valence-electron chi connectivity index (χ1n) is 5.72. The van der Waals surface area contributed by atoms with E-state index in [0.29, 0.717) is 13.0 Å². The molecule has 0 atom stereocenters. The Bertz CT molecular complexity index is 272. The Hall–Kier alpha value is -1.10. The number of hydrogen-bond acceptors (Lipinski definition) is 3. The fraction of sp³-hybridized carbons (Fsp3) is 0.818. The summed E-state index contributed by atoms with van der Waals surface area (Å²) in [5, 5.41) is 8.50. The van der Waals surface area contributed by atoms with E-state index in [1.54, 1.807) is 11.9 Å². The van der Waals surface area contributed by atoms with Crippen LogP contribution in [-0.4, -0.2) is 41.0 Å².